The third-order valence-corrected chi connectivity index (χ3v) is 4.05. The molecule has 27 heavy (non-hydrogen) atoms. The van der Waals surface area contributed by atoms with Crippen LogP contribution in [-0.2, 0) is 20.9 Å². The standard InChI is InChI=1S/C19H26N2O6/c1-19(2,3)27-18(25)21-10-14(9-16(21)23)15(11-22)20-17(24)26-12-13-7-5-4-6-8-13/h4-8,14-15,22H,9-12H2,1-3H3,(H,20,24)/t14-,15-/m1/s1. The Morgan fingerprint density at radius 2 is 1.96 bits per heavy atom. The number of likely N-dealkylation sites (tertiary alicyclic amines) is 1. The van der Waals surface area contributed by atoms with Crippen molar-refractivity contribution in [3.63, 3.8) is 0 Å². The molecule has 0 radical (unpaired) electrons. The summed E-state index contributed by atoms with van der Waals surface area (Å²) in [7, 11) is 0. The van der Waals surface area contributed by atoms with E-state index < -0.39 is 35.7 Å². The molecule has 1 heterocycles. The number of aliphatic hydroxyl groups is 1. The number of hydrogen-bond donors (Lipinski definition) is 2. The molecule has 0 bridgehead atoms. The number of ether oxygens (including phenoxy) is 2. The predicted octanol–water partition coefficient (Wildman–Crippen LogP) is 2.06. The highest BCUT2D eigenvalue weighted by molar-refractivity contribution is 5.94. The van der Waals surface area contributed by atoms with E-state index in [2.05, 4.69) is 5.32 Å². The Hall–Kier alpha value is -2.61. The molecule has 0 unspecified atom stereocenters. The highest BCUT2D eigenvalue weighted by atomic mass is 16.6. The zero-order valence-corrected chi connectivity index (χ0v) is 15.8. The van der Waals surface area contributed by atoms with Gasteiger partial charge in [0.1, 0.15) is 12.2 Å². The van der Waals surface area contributed by atoms with Crippen LogP contribution in [0.15, 0.2) is 30.3 Å². The van der Waals surface area contributed by atoms with Gasteiger partial charge in [0.15, 0.2) is 0 Å². The average molecular weight is 378 g/mol. The number of alkyl carbamates (subject to hydrolysis) is 1. The van der Waals surface area contributed by atoms with Crippen molar-refractivity contribution in [2.45, 2.75) is 45.4 Å². The number of nitrogens with one attached hydrogen (secondary N) is 1. The van der Waals surface area contributed by atoms with Gasteiger partial charge in [-0.1, -0.05) is 30.3 Å². The van der Waals surface area contributed by atoms with Crippen molar-refractivity contribution in [3.05, 3.63) is 35.9 Å². The lowest BCUT2D eigenvalue weighted by molar-refractivity contribution is -0.127. The largest absolute Gasteiger partial charge is 0.445 e. The molecule has 8 heteroatoms. The van der Waals surface area contributed by atoms with Crippen LogP contribution in [0.4, 0.5) is 9.59 Å². The Morgan fingerprint density at radius 3 is 2.56 bits per heavy atom. The Balaban J connectivity index is 1.88. The van der Waals surface area contributed by atoms with Crippen LogP contribution in [-0.4, -0.2) is 52.9 Å². The normalized spacial score (nSPS) is 18.1. The van der Waals surface area contributed by atoms with Crippen molar-refractivity contribution in [3.8, 4) is 0 Å². The summed E-state index contributed by atoms with van der Waals surface area (Å²) in [5.41, 5.74) is 0.117. The van der Waals surface area contributed by atoms with E-state index in [0.29, 0.717) is 0 Å². The number of hydrogen-bond acceptors (Lipinski definition) is 6. The van der Waals surface area contributed by atoms with Crippen molar-refractivity contribution in [1.29, 1.82) is 0 Å². The van der Waals surface area contributed by atoms with Gasteiger partial charge in [-0.25, -0.2) is 14.5 Å². The molecule has 2 N–H and O–H groups in total. The Labute approximate surface area is 158 Å². The maximum atomic E-state index is 12.1. The summed E-state index contributed by atoms with van der Waals surface area (Å²) in [5, 5.41) is 12.2. The molecule has 1 aromatic carbocycles. The van der Waals surface area contributed by atoms with E-state index in [-0.39, 0.29) is 26.2 Å². The van der Waals surface area contributed by atoms with E-state index in [1.165, 1.54) is 0 Å². The Kier molecular flexibility index (Phi) is 6.79. The summed E-state index contributed by atoms with van der Waals surface area (Å²) in [6, 6.07) is 8.48. The van der Waals surface area contributed by atoms with Crippen molar-refractivity contribution in [1.82, 2.24) is 10.2 Å². The molecule has 0 spiro atoms. The average Bonchev–Trinajstić information content (AvgIpc) is 2.99. The van der Waals surface area contributed by atoms with Crippen LogP contribution in [0.5, 0.6) is 0 Å². The molecular weight excluding hydrogens is 352 g/mol. The van der Waals surface area contributed by atoms with Gasteiger partial charge >= 0.3 is 12.2 Å². The molecule has 1 saturated heterocycles. The van der Waals surface area contributed by atoms with Gasteiger partial charge in [-0.05, 0) is 26.3 Å². The lowest BCUT2D eigenvalue weighted by Gasteiger charge is -2.25. The van der Waals surface area contributed by atoms with Crippen molar-refractivity contribution < 1.29 is 29.0 Å². The van der Waals surface area contributed by atoms with Crippen LogP contribution in [0.25, 0.3) is 0 Å². The van der Waals surface area contributed by atoms with Gasteiger partial charge < -0.3 is 19.9 Å². The monoisotopic (exact) mass is 378 g/mol. The predicted molar refractivity (Wildman–Crippen MR) is 96.7 cm³/mol. The van der Waals surface area contributed by atoms with Gasteiger partial charge in [0.25, 0.3) is 0 Å². The topological polar surface area (TPSA) is 105 Å². The van der Waals surface area contributed by atoms with Gasteiger partial charge in [0.05, 0.1) is 12.6 Å². The molecule has 2 rings (SSSR count). The van der Waals surface area contributed by atoms with Gasteiger partial charge in [-0.3, -0.25) is 4.79 Å². The van der Waals surface area contributed by atoms with Crippen LogP contribution in [0.2, 0.25) is 0 Å². The molecule has 2 atom stereocenters. The molecule has 3 amide bonds. The first-order chi connectivity index (χ1) is 12.7. The smallest absolute Gasteiger partial charge is 0.417 e. The van der Waals surface area contributed by atoms with Gasteiger partial charge in [-0.15, -0.1) is 0 Å². The first kappa shape index (κ1) is 20.7. The quantitative estimate of drug-likeness (QED) is 0.812. The van der Waals surface area contributed by atoms with Crippen LogP contribution in [0, 0.1) is 5.92 Å². The Morgan fingerprint density at radius 1 is 1.30 bits per heavy atom. The lowest BCUT2D eigenvalue weighted by atomic mass is 10.00. The SMILES string of the molecule is CC(C)(C)OC(=O)N1C[C@H]([C@@H](CO)NC(=O)OCc2ccccc2)CC1=O. The number of rotatable bonds is 5. The minimum absolute atomic E-state index is 0.0312. The molecule has 1 aromatic rings. The summed E-state index contributed by atoms with van der Waals surface area (Å²) in [6.45, 7) is 4.92. The molecular formula is C19H26N2O6. The third kappa shape index (κ3) is 6.25. The zero-order chi connectivity index (χ0) is 20.0. The maximum Gasteiger partial charge on any atom is 0.417 e. The fraction of sp³-hybridized carbons (Fsp3) is 0.526. The summed E-state index contributed by atoms with van der Waals surface area (Å²) in [5.74, 6) is -0.813. The highest BCUT2D eigenvalue weighted by Gasteiger charge is 2.40. The maximum absolute atomic E-state index is 12.1. The van der Waals surface area contributed by atoms with E-state index >= 15 is 0 Å². The van der Waals surface area contributed by atoms with Gasteiger partial charge in [0.2, 0.25) is 5.91 Å². The molecule has 148 valence electrons. The van der Waals surface area contributed by atoms with E-state index in [9.17, 15) is 19.5 Å². The fourth-order valence-corrected chi connectivity index (χ4v) is 2.73. The summed E-state index contributed by atoms with van der Waals surface area (Å²) < 4.78 is 10.3. The van der Waals surface area contributed by atoms with Crippen molar-refractivity contribution >= 4 is 18.1 Å². The van der Waals surface area contributed by atoms with Crippen LogP contribution >= 0.6 is 0 Å². The van der Waals surface area contributed by atoms with Crippen LogP contribution in [0.1, 0.15) is 32.8 Å². The number of aliphatic hydroxyl groups excluding tert-OH is 1. The molecule has 0 saturated carbocycles. The first-order valence-electron chi connectivity index (χ1n) is 8.81. The summed E-state index contributed by atoms with van der Waals surface area (Å²) in [4.78, 5) is 37.2. The highest BCUT2D eigenvalue weighted by Crippen LogP contribution is 2.23. The third-order valence-electron chi connectivity index (χ3n) is 4.05. The second-order valence-electron chi connectivity index (χ2n) is 7.44. The number of benzene rings is 1. The molecule has 1 aliphatic rings. The number of carbonyl (C=O) groups is 3. The number of amides is 3. The lowest BCUT2D eigenvalue weighted by Crippen LogP contribution is -2.44. The van der Waals surface area contributed by atoms with Crippen LogP contribution in [0.3, 0.4) is 0 Å². The van der Waals surface area contributed by atoms with Gasteiger partial charge in [0, 0.05) is 18.9 Å². The van der Waals surface area contributed by atoms with Crippen LogP contribution < -0.4 is 5.32 Å². The second kappa shape index (κ2) is 8.85. The number of nitrogens with zero attached hydrogens (tertiary/aromatic N) is 1. The second-order valence-corrected chi connectivity index (χ2v) is 7.44. The summed E-state index contributed by atoms with van der Waals surface area (Å²) in [6.07, 6.45) is -1.39. The molecule has 1 aliphatic heterocycles. The van der Waals surface area contributed by atoms with Crippen molar-refractivity contribution in [2.75, 3.05) is 13.2 Å². The molecule has 1 fully saturated rings. The van der Waals surface area contributed by atoms with Gasteiger partial charge in [-0.2, -0.15) is 0 Å². The molecule has 8 nitrogen and oxygen atoms in total. The molecule has 0 aliphatic carbocycles. The first-order valence-corrected chi connectivity index (χ1v) is 8.81. The fourth-order valence-electron chi connectivity index (χ4n) is 2.73. The zero-order valence-electron chi connectivity index (χ0n) is 15.8. The number of imide groups is 1. The Bertz CT molecular complexity index is 671. The van der Waals surface area contributed by atoms with E-state index in [1.807, 2.05) is 30.3 Å². The number of carbonyl (C=O) groups excluding carboxylic acids is 3. The summed E-state index contributed by atoms with van der Waals surface area (Å²) >= 11 is 0. The minimum atomic E-state index is -0.724. The minimum Gasteiger partial charge on any atom is -0.445 e. The van der Waals surface area contributed by atoms with E-state index in [4.69, 9.17) is 9.47 Å². The van der Waals surface area contributed by atoms with Crippen molar-refractivity contribution in [2.24, 2.45) is 5.92 Å². The van der Waals surface area contributed by atoms with E-state index in [0.717, 1.165) is 10.5 Å². The molecule has 0 aromatic heterocycles. The van der Waals surface area contributed by atoms with E-state index in [1.54, 1.807) is 20.8 Å².